The minimum absolute atomic E-state index is 0.0362. The molecule has 0 aliphatic carbocycles. The van der Waals surface area contributed by atoms with E-state index in [0.29, 0.717) is 11.3 Å². The first-order valence-electron chi connectivity index (χ1n) is 11.7. The van der Waals surface area contributed by atoms with Crippen molar-refractivity contribution < 1.29 is 32.7 Å². The molecule has 3 aromatic carbocycles. The van der Waals surface area contributed by atoms with Gasteiger partial charge in [-0.2, -0.15) is 0 Å². The molecular weight excluding hydrogens is 479 g/mol. The summed E-state index contributed by atoms with van der Waals surface area (Å²) in [5, 5.41) is 0. The van der Waals surface area contributed by atoms with E-state index in [2.05, 4.69) is 0 Å². The summed E-state index contributed by atoms with van der Waals surface area (Å²) in [6, 6.07) is 25.6. The van der Waals surface area contributed by atoms with Gasteiger partial charge in [-0.05, 0) is 35.2 Å². The highest BCUT2D eigenvalue weighted by atomic mass is 31.2. The molecule has 0 aliphatic heterocycles. The van der Waals surface area contributed by atoms with Gasteiger partial charge in [-0.25, -0.2) is 4.57 Å². The maximum absolute atomic E-state index is 13.2. The van der Waals surface area contributed by atoms with Gasteiger partial charge in [-0.15, -0.1) is 0 Å². The number of ether oxygens (including phenoxy) is 2. The first-order chi connectivity index (χ1) is 17.4. The Labute approximate surface area is 211 Å². The van der Waals surface area contributed by atoms with Gasteiger partial charge in [0.25, 0.3) is 0 Å². The summed E-state index contributed by atoms with van der Waals surface area (Å²) in [5.41, 5.74) is 2.46. The Morgan fingerprint density at radius 1 is 0.806 bits per heavy atom. The molecule has 0 spiro atoms. The van der Waals surface area contributed by atoms with Crippen molar-refractivity contribution >= 4 is 19.5 Å². The smallest absolute Gasteiger partial charge is 0.378 e. The zero-order valence-electron chi connectivity index (χ0n) is 20.5. The van der Waals surface area contributed by atoms with E-state index in [1.54, 1.807) is 31.2 Å². The maximum atomic E-state index is 13.2. The second-order valence-corrected chi connectivity index (χ2v) is 10.6. The van der Waals surface area contributed by atoms with Gasteiger partial charge in [0.15, 0.2) is 0 Å². The van der Waals surface area contributed by atoms with E-state index in [4.69, 9.17) is 18.5 Å². The average molecular weight is 511 g/mol. The summed E-state index contributed by atoms with van der Waals surface area (Å²) in [5.74, 6) is -0.925. The zero-order valence-corrected chi connectivity index (χ0v) is 21.4. The average Bonchev–Trinajstić information content (AvgIpc) is 2.90. The predicted octanol–water partition coefficient (Wildman–Crippen LogP) is 5.96. The number of esters is 2. The maximum Gasteiger partial charge on any atom is 0.378 e. The van der Waals surface area contributed by atoms with Gasteiger partial charge >= 0.3 is 19.5 Å². The summed E-state index contributed by atoms with van der Waals surface area (Å²) < 4.78 is 34.7. The third-order valence-corrected chi connectivity index (χ3v) is 7.33. The highest BCUT2D eigenvalue weighted by Gasteiger charge is 2.28. The number of hydrogen-bond acceptors (Lipinski definition) is 7. The zero-order chi connectivity index (χ0) is 25.8. The second-order valence-electron chi connectivity index (χ2n) is 8.36. The van der Waals surface area contributed by atoms with E-state index in [9.17, 15) is 14.2 Å². The van der Waals surface area contributed by atoms with Crippen LogP contribution >= 0.6 is 7.60 Å². The van der Waals surface area contributed by atoms with Crippen molar-refractivity contribution in [1.82, 2.24) is 0 Å². The summed E-state index contributed by atoms with van der Waals surface area (Å²) in [4.78, 5) is 24.6. The number of carbonyl (C=O) groups is 2. The van der Waals surface area contributed by atoms with Crippen molar-refractivity contribution in [2.24, 2.45) is 5.92 Å². The Morgan fingerprint density at radius 2 is 1.39 bits per heavy atom. The molecule has 0 N–H and O–H groups in total. The first kappa shape index (κ1) is 27.2. The fourth-order valence-electron chi connectivity index (χ4n) is 3.34. The Kier molecular flexibility index (Phi) is 10.3. The molecule has 0 amide bonds. The number of benzene rings is 3. The van der Waals surface area contributed by atoms with Crippen molar-refractivity contribution in [3.63, 3.8) is 0 Å². The van der Waals surface area contributed by atoms with Crippen LogP contribution in [0.3, 0.4) is 0 Å². The van der Waals surface area contributed by atoms with E-state index in [1.807, 2.05) is 60.7 Å². The summed E-state index contributed by atoms with van der Waals surface area (Å²) >= 11 is 0. The van der Waals surface area contributed by atoms with Crippen molar-refractivity contribution in [3.8, 4) is 5.75 Å². The van der Waals surface area contributed by atoms with E-state index in [0.717, 1.165) is 11.1 Å². The molecule has 0 unspecified atom stereocenters. The molecule has 190 valence electrons. The van der Waals surface area contributed by atoms with E-state index in [1.165, 1.54) is 7.11 Å². The predicted molar refractivity (Wildman–Crippen MR) is 137 cm³/mol. The van der Waals surface area contributed by atoms with Gasteiger partial charge in [0.1, 0.15) is 19.0 Å². The van der Waals surface area contributed by atoms with Crippen LogP contribution in [0.2, 0.25) is 0 Å². The van der Waals surface area contributed by atoms with Crippen LogP contribution in [-0.2, 0) is 47.8 Å². The topological polar surface area (TPSA) is 88.1 Å². The molecule has 0 aliphatic rings. The van der Waals surface area contributed by atoms with Gasteiger partial charge in [0.05, 0.1) is 18.5 Å². The minimum Gasteiger partial charge on any atom is -0.461 e. The standard InChI is InChI=1S/C28H31O7P/c1-22(28(30)34-21-24-12-7-4-8-13-24)16-17-36(31,32-2)35-26-15-9-14-25(18-26)19-27(29)33-20-23-10-5-3-6-11-23/h3-15,18,22H,16-17,19-21H2,1-2H3/t22-,36-/m0/s1. The van der Waals surface area contributed by atoms with Crippen LogP contribution in [0.4, 0.5) is 0 Å². The number of carbonyl (C=O) groups excluding carboxylic acids is 2. The van der Waals surface area contributed by atoms with Crippen LogP contribution in [-0.4, -0.2) is 25.2 Å². The molecule has 0 fully saturated rings. The Hall–Kier alpha value is -3.41. The SMILES string of the molecule is CO[P@@](=O)(CC[C@H](C)C(=O)OCc1ccccc1)Oc1cccc(CC(=O)OCc2ccccc2)c1. The molecule has 0 radical (unpaired) electrons. The van der Waals surface area contributed by atoms with Crippen molar-refractivity contribution in [3.05, 3.63) is 102 Å². The van der Waals surface area contributed by atoms with Crippen molar-refractivity contribution in [1.29, 1.82) is 0 Å². The minimum atomic E-state index is -3.52. The first-order valence-corrected chi connectivity index (χ1v) is 13.4. The lowest BCUT2D eigenvalue weighted by molar-refractivity contribution is -0.149. The third kappa shape index (κ3) is 8.99. The molecule has 3 aromatic rings. The molecular formula is C28H31O7P. The van der Waals surface area contributed by atoms with Crippen LogP contribution in [0.5, 0.6) is 5.75 Å². The summed E-state index contributed by atoms with van der Waals surface area (Å²) in [6.45, 7) is 2.10. The van der Waals surface area contributed by atoms with Crippen LogP contribution in [0.25, 0.3) is 0 Å². The summed E-state index contributed by atoms with van der Waals surface area (Å²) in [7, 11) is -2.21. The van der Waals surface area contributed by atoms with Crippen molar-refractivity contribution in [2.45, 2.75) is 33.0 Å². The highest BCUT2D eigenvalue weighted by Crippen LogP contribution is 2.48. The van der Waals surface area contributed by atoms with Crippen molar-refractivity contribution in [2.75, 3.05) is 13.3 Å². The van der Waals surface area contributed by atoms with Gasteiger partial charge in [0, 0.05) is 7.11 Å². The lowest BCUT2D eigenvalue weighted by atomic mass is 10.1. The molecule has 0 bridgehead atoms. The third-order valence-electron chi connectivity index (χ3n) is 5.47. The quantitative estimate of drug-likeness (QED) is 0.207. The molecule has 7 nitrogen and oxygen atoms in total. The van der Waals surface area contributed by atoms with Crippen LogP contribution in [0.15, 0.2) is 84.9 Å². The van der Waals surface area contributed by atoms with Gasteiger partial charge in [-0.3, -0.25) is 9.59 Å². The number of rotatable bonds is 13. The van der Waals surface area contributed by atoms with Crippen LogP contribution in [0.1, 0.15) is 30.0 Å². The Bertz CT molecular complexity index is 1160. The normalized spacial score (nSPS) is 13.3. The fraction of sp³-hybridized carbons (Fsp3) is 0.286. The van der Waals surface area contributed by atoms with Crippen LogP contribution in [0, 0.1) is 5.92 Å². The fourth-order valence-corrected chi connectivity index (χ4v) is 4.83. The molecule has 0 aromatic heterocycles. The van der Waals surface area contributed by atoms with Gasteiger partial charge in [0.2, 0.25) is 0 Å². The summed E-state index contributed by atoms with van der Waals surface area (Å²) in [6.07, 6.45) is 0.351. The molecule has 0 saturated carbocycles. The molecule has 3 rings (SSSR count). The van der Waals surface area contributed by atoms with E-state index in [-0.39, 0.29) is 44.2 Å². The largest absolute Gasteiger partial charge is 0.461 e. The Balaban J connectivity index is 1.49. The lowest BCUT2D eigenvalue weighted by Gasteiger charge is -2.19. The molecule has 0 heterocycles. The highest BCUT2D eigenvalue weighted by molar-refractivity contribution is 7.54. The molecule has 36 heavy (non-hydrogen) atoms. The van der Waals surface area contributed by atoms with E-state index >= 15 is 0 Å². The number of hydrogen-bond donors (Lipinski definition) is 0. The molecule has 8 heteroatoms. The molecule has 2 atom stereocenters. The molecule has 0 saturated heterocycles. The van der Waals surface area contributed by atoms with Crippen LogP contribution < -0.4 is 4.52 Å². The van der Waals surface area contributed by atoms with E-state index < -0.39 is 13.5 Å². The Morgan fingerprint density at radius 3 is 2.00 bits per heavy atom. The van der Waals surface area contributed by atoms with Gasteiger partial charge < -0.3 is 18.5 Å². The van der Waals surface area contributed by atoms with Gasteiger partial charge in [-0.1, -0.05) is 79.7 Å². The second kappa shape index (κ2) is 13.6. The lowest BCUT2D eigenvalue weighted by Crippen LogP contribution is -2.17. The monoisotopic (exact) mass is 510 g/mol.